The van der Waals surface area contributed by atoms with E-state index in [0.717, 1.165) is 6.04 Å². The number of hydrogen-bond donors (Lipinski definition) is 0. The maximum absolute atomic E-state index is 2.37. The van der Waals surface area contributed by atoms with Gasteiger partial charge in [-0.05, 0) is 40.0 Å². The van der Waals surface area contributed by atoms with E-state index in [9.17, 15) is 0 Å². The molecule has 0 radical (unpaired) electrons. The summed E-state index contributed by atoms with van der Waals surface area (Å²) in [4.78, 5) is 0. The highest BCUT2D eigenvalue weighted by Crippen LogP contribution is 2.21. The Hall–Kier alpha value is -0.0400. The molecule has 0 aliphatic heterocycles. The SMILES string of the molecule is CCCCCC(CC)[N+](CC)(CC)CC. The van der Waals surface area contributed by atoms with E-state index in [1.54, 1.807) is 0 Å². The molecular formula is C14H32N+. The van der Waals surface area contributed by atoms with Gasteiger partial charge in [0.05, 0.1) is 25.7 Å². The number of nitrogens with zero attached hydrogens (tertiary/aromatic N) is 1. The summed E-state index contributed by atoms with van der Waals surface area (Å²) in [5, 5.41) is 0. The maximum Gasteiger partial charge on any atom is 0.0887 e. The van der Waals surface area contributed by atoms with Gasteiger partial charge in [-0.1, -0.05) is 26.7 Å². The zero-order valence-electron chi connectivity index (χ0n) is 11.7. The van der Waals surface area contributed by atoms with Gasteiger partial charge in [0.1, 0.15) is 0 Å². The van der Waals surface area contributed by atoms with Gasteiger partial charge in [0, 0.05) is 0 Å². The molecule has 0 aliphatic rings. The zero-order chi connectivity index (χ0) is 11.7. The van der Waals surface area contributed by atoms with Crippen LogP contribution in [0.4, 0.5) is 0 Å². The van der Waals surface area contributed by atoms with Gasteiger partial charge in [-0.15, -0.1) is 0 Å². The Balaban J connectivity index is 4.31. The van der Waals surface area contributed by atoms with Crippen molar-refractivity contribution >= 4 is 0 Å². The molecule has 0 spiro atoms. The Kier molecular flexibility index (Phi) is 8.13. The lowest BCUT2D eigenvalue weighted by Crippen LogP contribution is -2.54. The lowest BCUT2D eigenvalue weighted by molar-refractivity contribution is -0.947. The lowest BCUT2D eigenvalue weighted by Gasteiger charge is -2.43. The van der Waals surface area contributed by atoms with Crippen molar-refractivity contribution in [3.8, 4) is 0 Å². The highest BCUT2D eigenvalue weighted by atomic mass is 15.4. The first-order valence-corrected chi connectivity index (χ1v) is 7.06. The van der Waals surface area contributed by atoms with Gasteiger partial charge >= 0.3 is 0 Å². The molecule has 0 aromatic carbocycles. The van der Waals surface area contributed by atoms with Crippen molar-refractivity contribution < 1.29 is 4.48 Å². The second-order valence-corrected chi connectivity index (χ2v) is 4.73. The minimum atomic E-state index is 0.900. The predicted octanol–water partition coefficient (Wildman–Crippen LogP) is 4.22. The van der Waals surface area contributed by atoms with Crippen molar-refractivity contribution in [2.24, 2.45) is 0 Å². The quantitative estimate of drug-likeness (QED) is 0.398. The molecule has 0 saturated carbocycles. The molecule has 15 heavy (non-hydrogen) atoms. The number of rotatable bonds is 9. The monoisotopic (exact) mass is 214 g/mol. The van der Waals surface area contributed by atoms with Crippen LogP contribution in [0.2, 0.25) is 0 Å². The Labute approximate surface area is 97.5 Å². The maximum atomic E-state index is 2.37. The minimum absolute atomic E-state index is 0.900. The molecule has 0 aromatic heterocycles. The van der Waals surface area contributed by atoms with Gasteiger partial charge < -0.3 is 4.48 Å². The van der Waals surface area contributed by atoms with E-state index in [1.807, 2.05) is 0 Å². The summed E-state index contributed by atoms with van der Waals surface area (Å²) in [5.41, 5.74) is 0. The molecule has 0 fully saturated rings. The molecule has 0 bridgehead atoms. The fourth-order valence-corrected chi connectivity index (χ4v) is 2.94. The average Bonchev–Trinajstić information content (AvgIpc) is 2.29. The highest BCUT2D eigenvalue weighted by molar-refractivity contribution is 4.59. The van der Waals surface area contributed by atoms with E-state index in [2.05, 4.69) is 34.6 Å². The number of hydrogen-bond acceptors (Lipinski definition) is 0. The van der Waals surface area contributed by atoms with E-state index in [1.165, 1.54) is 56.2 Å². The molecule has 0 aromatic rings. The topological polar surface area (TPSA) is 0 Å². The van der Waals surface area contributed by atoms with Crippen molar-refractivity contribution in [1.82, 2.24) is 0 Å². The normalized spacial score (nSPS) is 14.2. The second kappa shape index (κ2) is 8.15. The molecule has 1 nitrogen and oxygen atoms in total. The molecule has 0 saturated heterocycles. The Morgan fingerprint density at radius 1 is 0.800 bits per heavy atom. The molecule has 0 aliphatic carbocycles. The molecular weight excluding hydrogens is 182 g/mol. The van der Waals surface area contributed by atoms with Gasteiger partial charge in [0.25, 0.3) is 0 Å². The van der Waals surface area contributed by atoms with Gasteiger partial charge in [-0.25, -0.2) is 0 Å². The third-order valence-corrected chi connectivity index (χ3v) is 4.28. The van der Waals surface area contributed by atoms with Crippen LogP contribution < -0.4 is 0 Å². The highest BCUT2D eigenvalue weighted by Gasteiger charge is 2.29. The van der Waals surface area contributed by atoms with Crippen molar-refractivity contribution in [3.63, 3.8) is 0 Å². The Bertz CT molecular complexity index is 130. The average molecular weight is 214 g/mol. The Morgan fingerprint density at radius 3 is 1.67 bits per heavy atom. The van der Waals surface area contributed by atoms with Crippen LogP contribution in [0.5, 0.6) is 0 Å². The van der Waals surface area contributed by atoms with Crippen LogP contribution in [-0.4, -0.2) is 30.2 Å². The van der Waals surface area contributed by atoms with E-state index < -0.39 is 0 Å². The lowest BCUT2D eigenvalue weighted by atomic mass is 10.0. The van der Waals surface area contributed by atoms with Gasteiger partial charge in [0.2, 0.25) is 0 Å². The van der Waals surface area contributed by atoms with Crippen molar-refractivity contribution in [2.45, 2.75) is 72.8 Å². The molecule has 1 heteroatoms. The van der Waals surface area contributed by atoms with Crippen LogP contribution in [0.3, 0.4) is 0 Å². The smallest absolute Gasteiger partial charge is 0.0887 e. The van der Waals surface area contributed by atoms with Gasteiger partial charge in [0.15, 0.2) is 0 Å². The first kappa shape index (κ1) is 15.0. The third-order valence-electron chi connectivity index (χ3n) is 4.28. The van der Waals surface area contributed by atoms with Gasteiger partial charge in [-0.3, -0.25) is 0 Å². The fraction of sp³-hybridized carbons (Fsp3) is 1.00. The van der Waals surface area contributed by atoms with E-state index in [0.29, 0.717) is 0 Å². The van der Waals surface area contributed by atoms with Crippen LogP contribution in [0.1, 0.15) is 66.7 Å². The fourth-order valence-electron chi connectivity index (χ4n) is 2.94. The molecule has 0 rings (SSSR count). The molecule has 0 amide bonds. The molecule has 0 heterocycles. The summed E-state index contributed by atoms with van der Waals surface area (Å²) in [5.74, 6) is 0. The first-order chi connectivity index (χ1) is 7.20. The third kappa shape index (κ3) is 4.14. The second-order valence-electron chi connectivity index (χ2n) is 4.73. The molecule has 92 valence electrons. The van der Waals surface area contributed by atoms with Crippen molar-refractivity contribution in [3.05, 3.63) is 0 Å². The summed E-state index contributed by atoms with van der Waals surface area (Å²) in [6.07, 6.45) is 6.96. The van der Waals surface area contributed by atoms with Crippen LogP contribution in [0.15, 0.2) is 0 Å². The first-order valence-electron chi connectivity index (χ1n) is 7.06. The van der Waals surface area contributed by atoms with Gasteiger partial charge in [-0.2, -0.15) is 0 Å². The van der Waals surface area contributed by atoms with Crippen molar-refractivity contribution in [1.29, 1.82) is 0 Å². The summed E-state index contributed by atoms with van der Waals surface area (Å²) >= 11 is 0. The molecule has 1 unspecified atom stereocenters. The number of quaternary nitrogens is 1. The standard InChI is InChI=1S/C14H32N/c1-6-11-12-13-14(7-2)15(8-3,9-4)10-5/h14H,6-13H2,1-5H3/q+1. The summed E-state index contributed by atoms with van der Waals surface area (Å²) in [7, 11) is 0. The summed E-state index contributed by atoms with van der Waals surface area (Å²) < 4.78 is 1.33. The Morgan fingerprint density at radius 2 is 1.33 bits per heavy atom. The van der Waals surface area contributed by atoms with E-state index in [4.69, 9.17) is 0 Å². The van der Waals surface area contributed by atoms with Crippen LogP contribution in [-0.2, 0) is 0 Å². The van der Waals surface area contributed by atoms with Crippen LogP contribution in [0.25, 0.3) is 0 Å². The molecule has 1 atom stereocenters. The zero-order valence-corrected chi connectivity index (χ0v) is 11.7. The predicted molar refractivity (Wildman–Crippen MR) is 70.1 cm³/mol. The molecule has 0 N–H and O–H groups in total. The number of unbranched alkanes of at least 4 members (excludes halogenated alkanes) is 2. The summed E-state index contributed by atoms with van der Waals surface area (Å²) in [6, 6.07) is 0.900. The largest absolute Gasteiger partial charge is 0.322 e. The van der Waals surface area contributed by atoms with Crippen LogP contribution in [0, 0.1) is 0 Å². The van der Waals surface area contributed by atoms with Crippen LogP contribution >= 0.6 is 0 Å². The van der Waals surface area contributed by atoms with E-state index >= 15 is 0 Å². The minimum Gasteiger partial charge on any atom is -0.322 e. The summed E-state index contributed by atoms with van der Waals surface area (Å²) in [6.45, 7) is 15.6. The van der Waals surface area contributed by atoms with E-state index in [-0.39, 0.29) is 0 Å². The van der Waals surface area contributed by atoms with Crippen molar-refractivity contribution in [2.75, 3.05) is 19.6 Å².